The van der Waals surface area contributed by atoms with E-state index in [1.165, 1.54) is 21.0 Å². The van der Waals surface area contributed by atoms with Crippen molar-refractivity contribution >= 4 is 11.9 Å². The summed E-state index contributed by atoms with van der Waals surface area (Å²) in [4.78, 5) is 22.7. The van der Waals surface area contributed by atoms with E-state index in [0.29, 0.717) is 6.61 Å². The maximum Gasteiger partial charge on any atom is 0.303 e. The molecule has 2 rings (SSSR count). The number of carbonyl (C=O) groups is 2. The average molecular weight is 368 g/mol. The van der Waals surface area contributed by atoms with Crippen LogP contribution in [-0.2, 0) is 39.9 Å². The van der Waals surface area contributed by atoms with Crippen LogP contribution in [0.4, 0.5) is 0 Å². The lowest BCUT2D eigenvalue weighted by Crippen LogP contribution is -2.61. The number of rotatable bonds is 7. The van der Waals surface area contributed by atoms with Crippen molar-refractivity contribution in [3.63, 3.8) is 0 Å². The van der Waals surface area contributed by atoms with Gasteiger partial charge in [0.05, 0.1) is 13.2 Å². The summed E-state index contributed by atoms with van der Waals surface area (Å²) < 4.78 is 26.7. The first kappa shape index (κ1) is 20.3. The largest absolute Gasteiger partial charge is 0.455 e. The number of hydrogen-bond acceptors (Lipinski definition) is 8. The molecule has 1 fully saturated rings. The van der Waals surface area contributed by atoms with Crippen molar-refractivity contribution in [3.05, 3.63) is 35.9 Å². The molecule has 1 saturated heterocycles. The van der Waals surface area contributed by atoms with E-state index >= 15 is 0 Å². The molecule has 5 atom stereocenters. The molecule has 0 aliphatic carbocycles. The van der Waals surface area contributed by atoms with Crippen LogP contribution in [-0.4, -0.2) is 61.5 Å². The predicted molar refractivity (Wildman–Crippen MR) is 88.9 cm³/mol. The van der Waals surface area contributed by atoms with Gasteiger partial charge >= 0.3 is 11.9 Å². The minimum atomic E-state index is -1.24. The molecule has 1 aliphatic heterocycles. The predicted octanol–water partition coefficient (Wildman–Crippen LogP) is 0.799. The molecule has 26 heavy (non-hydrogen) atoms. The number of carbonyl (C=O) groups excluding carboxylic acids is 2. The Morgan fingerprint density at radius 3 is 2.27 bits per heavy atom. The Morgan fingerprint density at radius 2 is 1.69 bits per heavy atom. The Hall–Kier alpha value is -2.00. The van der Waals surface area contributed by atoms with Crippen LogP contribution in [0, 0.1) is 0 Å². The van der Waals surface area contributed by atoms with Gasteiger partial charge in [0.25, 0.3) is 0 Å². The molecule has 1 aromatic carbocycles. The monoisotopic (exact) mass is 368 g/mol. The fraction of sp³-hybridized carbons (Fsp3) is 0.556. The molecule has 1 heterocycles. The van der Waals surface area contributed by atoms with E-state index in [9.17, 15) is 14.7 Å². The number of methoxy groups -OCH3 is 1. The van der Waals surface area contributed by atoms with Crippen LogP contribution in [0.25, 0.3) is 0 Å². The third-order valence-electron chi connectivity index (χ3n) is 3.85. The van der Waals surface area contributed by atoms with Gasteiger partial charge in [-0.2, -0.15) is 0 Å². The lowest BCUT2D eigenvalue weighted by molar-refractivity contribution is -0.302. The third kappa shape index (κ3) is 5.50. The summed E-state index contributed by atoms with van der Waals surface area (Å²) in [6, 6.07) is 9.51. The van der Waals surface area contributed by atoms with Gasteiger partial charge in [-0.3, -0.25) is 9.59 Å². The number of esters is 2. The van der Waals surface area contributed by atoms with Gasteiger partial charge in [0.1, 0.15) is 12.2 Å². The first-order valence-electron chi connectivity index (χ1n) is 8.24. The number of aliphatic hydroxyl groups is 1. The topological polar surface area (TPSA) is 101 Å². The van der Waals surface area contributed by atoms with E-state index in [0.717, 1.165) is 5.56 Å². The van der Waals surface area contributed by atoms with Crippen molar-refractivity contribution in [2.24, 2.45) is 0 Å². The molecule has 1 aliphatic rings. The Balaban J connectivity index is 2.05. The van der Waals surface area contributed by atoms with Crippen molar-refractivity contribution in [1.82, 2.24) is 0 Å². The van der Waals surface area contributed by atoms with E-state index in [-0.39, 0.29) is 6.61 Å². The van der Waals surface area contributed by atoms with Crippen molar-refractivity contribution in [2.75, 3.05) is 13.7 Å². The van der Waals surface area contributed by atoms with Gasteiger partial charge in [-0.15, -0.1) is 0 Å². The van der Waals surface area contributed by atoms with E-state index < -0.39 is 42.6 Å². The first-order chi connectivity index (χ1) is 12.4. The minimum Gasteiger partial charge on any atom is -0.455 e. The molecular weight excluding hydrogens is 344 g/mol. The van der Waals surface area contributed by atoms with Crippen molar-refractivity contribution in [2.45, 2.75) is 51.2 Å². The lowest BCUT2D eigenvalue weighted by Gasteiger charge is -2.42. The Labute approximate surface area is 151 Å². The standard InChI is InChI=1S/C18H24O8/c1-11(19)24-16-15(21)14(10-23-9-13-7-5-4-6-8-13)26-18(22-3)17(16)25-12(2)20/h4-8,14-18,21H,9-10H2,1-3H3/t14-,15-,16+,17+,18+/m1/s1. The Morgan fingerprint density at radius 1 is 1.08 bits per heavy atom. The number of ether oxygens (including phenoxy) is 5. The third-order valence-corrected chi connectivity index (χ3v) is 3.85. The highest BCUT2D eigenvalue weighted by atomic mass is 16.7. The summed E-state index contributed by atoms with van der Waals surface area (Å²) >= 11 is 0. The molecule has 1 N–H and O–H groups in total. The van der Waals surface area contributed by atoms with Gasteiger partial charge in [-0.1, -0.05) is 30.3 Å². The zero-order valence-corrected chi connectivity index (χ0v) is 15.0. The van der Waals surface area contributed by atoms with E-state index in [2.05, 4.69) is 0 Å². The van der Waals surface area contributed by atoms with Gasteiger partial charge < -0.3 is 28.8 Å². The van der Waals surface area contributed by atoms with Crippen LogP contribution >= 0.6 is 0 Å². The molecule has 8 heteroatoms. The lowest BCUT2D eigenvalue weighted by atomic mass is 9.98. The summed E-state index contributed by atoms with van der Waals surface area (Å²) in [6.45, 7) is 2.78. The van der Waals surface area contributed by atoms with Crippen molar-refractivity contribution in [1.29, 1.82) is 0 Å². The summed E-state index contributed by atoms with van der Waals surface area (Å²) in [6.07, 6.45) is -5.27. The van der Waals surface area contributed by atoms with Gasteiger partial charge in [0.2, 0.25) is 0 Å². The summed E-state index contributed by atoms with van der Waals surface area (Å²) in [5.41, 5.74) is 0.968. The minimum absolute atomic E-state index is 0.0421. The Bertz CT molecular complexity index is 590. The molecule has 0 spiro atoms. The van der Waals surface area contributed by atoms with Crippen LogP contribution in [0.5, 0.6) is 0 Å². The van der Waals surface area contributed by atoms with E-state index in [1.807, 2.05) is 30.3 Å². The second-order valence-electron chi connectivity index (χ2n) is 5.92. The molecule has 144 valence electrons. The van der Waals surface area contributed by atoms with Gasteiger partial charge in [0, 0.05) is 21.0 Å². The number of aliphatic hydroxyl groups excluding tert-OH is 1. The zero-order valence-electron chi connectivity index (χ0n) is 15.0. The SMILES string of the molecule is CO[C@H]1O[C@H](COCc2ccccc2)[C@@H](O)[C@H](OC(C)=O)[C@@H]1OC(C)=O. The van der Waals surface area contributed by atoms with Crippen LogP contribution in [0.15, 0.2) is 30.3 Å². The summed E-state index contributed by atoms with van der Waals surface area (Å²) in [5.74, 6) is -1.23. The van der Waals surface area contributed by atoms with Gasteiger partial charge in [-0.05, 0) is 5.56 Å². The van der Waals surface area contributed by atoms with Crippen LogP contribution in [0.2, 0.25) is 0 Å². The van der Waals surface area contributed by atoms with E-state index in [4.69, 9.17) is 23.7 Å². The molecule has 0 unspecified atom stereocenters. The molecule has 0 amide bonds. The summed E-state index contributed by atoms with van der Waals surface area (Å²) in [7, 11) is 1.37. The quantitative estimate of drug-likeness (QED) is 0.706. The molecule has 8 nitrogen and oxygen atoms in total. The Kier molecular flexibility index (Phi) is 7.52. The zero-order chi connectivity index (χ0) is 19.1. The van der Waals surface area contributed by atoms with Crippen molar-refractivity contribution in [3.8, 4) is 0 Å². The maximum atomic E-state index is 11.4. The first-order valence-corrected chi connectivity index (χ1v) is 8.24. The smallest absolute Gasteiger partial charge is 0.303 e. The second kappa shape index (κ2) is 9.63. The van der Waals surface area contributed by atoms with Crippen LogP contribution in [0.3, 0.4) is 0 Å². The fourth-order valence-electron chi connectivity index (χ4n) is 2.73. The average Bonchev–Trinajstić information content (AvgIpc) is 2.60. The molecule has 0 saturated carbocycles. The number of benzene rings is 1. The maximum absolute atomic E-state index is 11.4. The van der Waals surface area contributed by atoms with Gasteiger partial charge in [0.15, 0.2) is 18.5 Å². The fourth-order valence-corrected chi connectivity index (χ4v) is 2.73. The molecular formula is C18H24O8. The highest BCUT2D eigenvalue weighted by Gasteiger charge is 2.49. The normalized spacial score (nSPS) is 28.4. The highest BCUT2D eigenvalue weighted by molar-refractivity contribution is 5.67. The second-order valence-corrected chi connectivity index (χ2v) is 5.92. The molecule has 1 aromatic rings. The van der Waals surface area contributed by atoms with E-state index in [1.54, 1.807) is 0 Å². The molecule has 0 bridgehead atoms. The number of hydrogen-bond donors (Lipinski definition) is 1. The molecule has 0 aromatic heterocycles. The molecule has 0 radical (unpaired) electrons. The van der Waals surface area contributed by atoms with Crippen LogP contribution < -0.4 is 0 Å². The van der Waals surface area contributed by atoms with Crippen LogP contribution in [0.1, 0.15) is 19.4 Å². The van der Waals surface area contributed by atoms with Gasteiger partial charge in [-0.25, -0.2) is 0 Å². The summed E-state index contributed by atoms with van der Waals surface area (Å²) in [5, 5.41) is 10.5. The van der Waals surface area contributed by atoms with Crippen molar-refractivity contribution < 1.29 is 38.4 Å². The highest BCUT2D eigenvalue weighted by Crippen LogP contribution is 2.27.